The van der Waals surface area contributed by atoms with E-state index in [4.69, 9.17) is 4.74 Å². The van der Waals surface area contributed by atoms with Gasteiger partial charge in [0.15, 0.2) is 0 Å². The molecule has 10 heavy (non-hydrogen) atoms. The Bertz CT molecular complexity index is 105. The Morgan fingerprint density at radius 3 is 2.60 bits per heavy atom. The first kappa shape index (κ1) is 7.95. The molecule has 1 saturated heterocycles. The van der Waals surface area contributed by atoms with Crippen molar-refractivity contribution in [1.82, 2.24) is 5.32 Å². The maximum absolute atomic E-state index is 13.1. The Morgan fingerprint density at radius 2 is 2.30 bits per heavy atom. The van der Waals surface area contributed by atoms with E-state index in [0.717, 1.165) is 6.54 Å². The lowest BCUT2D eigenvalue weighted by atomic mass is 10.0. The van der Waals surface area contributed by atoms with Crippen LogP contribution in [-0.4, -0.2) is 31.5 Å². The van der Waals surface area contributed by atoms with E-state index in [-0.39, 0.29) is 6.10 Å². The Hall–Kier alpha value is -0.150. The molecule has 0 saturated carbocycles. The zero-order valence-electron chi connectivity index (χ0n) is 6.48. The minimum Gasteiger partial charge on any atom is -0.372 e. The highest BCUT2D eigenvalue weighted by Gasteiger charge is 2.30. The van der Waals surface area contributed by atoms with Gasteiger partial charge in [0.2, 0.25) is 0 Å². The lowest BCUT2D eigenvalue weighted by molar-refractivity contribution is -0.0583. The normalized spacial score (nSPS) is 28.5. The molecule has 0 aliphatic carbocycles. The van der Waals surface area contributed by atoms with Gasteiger partial charge >= 0.3 is 0 Å². The molecule has 0 radical (unpaired) electrons. The summed E-state index contributed by atoms with van der Waals surface area (Å²) in [6.45, 7) is 5.18. The maximum Gasteiger partial charge on any atom is 0.132 e. The molecule has 0 aromatic carbocycles. The van der Waals surface area contributed by atoms with Gasteiger partial charge in [-0.3, -0.25) is 0 Å². The molecule has 0 aromatic rings. The predicted octanol–water partition coefficient (Wildman–Crippen LogP) is 0.723. The fourth-order valence-corrected chi connectivity index (χ4v) is 1.01. The molecule has 3 heteroatoms. The molecular formula is C7H14FNO. The largest absolute Gasteiger partial charge is 0.372 e. The van der Waals surface area contributed by atoms with Crippen molar-refractivity contribution >= 4 is 0 Å². The third-order valence-corrected chi connectivity index (χ3v) is 1.69. The van der Waals surface area contributed by atoms with Crippen molar-refractivity contribution in [2.24, 2.45) is 0 Å². The topological polar surface area (TPSA) is 21.3 Å². The summed E-state index contributed by atoms with van der Waals surface area (Å²) in [4.78, 5) is 0. The van der Waals surface area contributed by atoms with E-state index in [2.05, 4.69) is 5.32 Å². The van der Waals surface area contributed by atoms with Crippen molar-refractivity contribution in [3.8, 4) is 0 Å². The third kappa shape index (κ3) is 1.92. The van der Waals surface area contributed by atoms with Gasteiger partial charge in [-0.05, 0) is 13.8 Å². The summed E-state index contributed by atoms with van der Waals surface area (Å²) < 4.78 is 18.3. The van der Waals surface area contributed by atoms with Gasteiger partial charge in [0.25, 0.3) is 0 Å². The molecular weight excluding hydrogens is 133 g/mol. The van der Waals surface area contributed by atoms with Crippen LogP contribution in [0.25, 0.3) is 0 Å². The molecule has 0 spiro atoms. The Balaban J connectivity index is 2.39. The number of rotatable bonds is 1. The van der Waals surface area contributed by atoms with Crippen molar-refractivity contribution < 1.29 is 9.13 Å². The van der Waals surface area contributed by atoms with Crippen LogP contribution in [0.15, 0.2) is 0 Å². The molecule has 1 rings (SSSR count). The lowest BCUT2D eigenvalue weighted by Gasteiger charge is -2.30. The van der Waals surface area contributed by atoms with Gasteiger partial charge in [0.05, 0.1) is 6.61 Å². The van der Waals surface area contributed by atoms with E-state index < -0.39 is 5.67 Å². The van der Waals surface area contributed by atoms with E-state index >= 15 is 0 Å². The van der Waals surface area contributed by atoms with Crippen LogP contribution in [0.5, 0.6) is 0 Å². The quantitative estimate of drug-likeness (QED) is 0.590. The van der Waals surface area contributed by atoms with Crippen LogP contribution in [0.1, 0.15) is 13.8 Å². The zero-order chi connectivity index (χ0) is 7.61. The van der Waals surface area contributed by atoms with Crippen molar-refractivity contribution in [3.63, 3.8) is 0 Å². The molecule has 1 atom stereocenters. The monoisotopic (exact) mass is 147 g/mol. The van der Waals surface area contributed by atoms with Crippen molar-refractivity contribution in [1.29, 1.82) is 0 Å². The SMILES string of the molecule is CC(C)(F)C1CNCCO1. The van der Waals surface area contributed by atoms with Crippen LogP contribution < -0.4 is 5.32 Å². The second-order valence-corrected chi connectivity index (χ2v) is 3.13. The molecule has 1 heterocycles. The summed E-state index contributed by atoms with van der Waals surface area (Å²) in [5, 5.41) is 3.08. The summed E-state index contributed by atoms with van der Waals surface area (Å²) in [5.74, 6) is 0. The van der Waals surface area contributed by atoms with Crippen molar-refractivity contribution in [2.75, 3.05) is 19.7 Å². The van der Waals surface area contributed by atoms with Crippen LogP contribution >= 0.6 is 0 Å². The summed E-state index contributed by atoms with van der Waals surface area (Å²) in [6.07, 6.45) is -0.277. The fraction of sp³-hybridized carbons (Fsp3) is 1.00. The second-order valence-electron chi connectivity index (χ2n) is 3.13. The lowest BCUT2D eigenvalue weighted by Crippen LogP contribution is -2.47. The molecule has 1 fully saturated rings. The predicted molar refractivity (Wildman–Crippen MR) is 37.8 cm³/mol. The summed E-state index contributed by atoms with van der Waals surface area (Å²) >= 11 is 0. The first-order valence-electron chi connectivity index (χ1n) is 3.62. The number of ether oxygens (including phenoxy) is 1. The maximum atomic E-state index is 13.1. The van der Waals surface area contributed by atoms with Gasteiger partial charge in [0, 0.05) is 13.1 Å². The first-order chi connectivity index (χ1) is 4.61. The van der Waals surface area contributed by atoms with Crippen LogP contribution in [-0.2, 0) is 4.74 Å². The highest BCUT2D eigenvalue weighted by atomic mass is 19.1. The number of hydrogen-bond acceptors (Lipinski definition) is 2. The molecule has 0 bridgehead atoms. The minimum absolute atomic E-state index is 0.277. The summed E-state index contributed by atoms with van der Waals surface area (Å²) in [6, 6.07) is 0. The number of alkyl halides is 1. The van der Waals surface area contributed by atoms with Crippen LogP contribution in [0, 0.1) is 0 Å². The molecule has 60 valence electrons. The van der Waals surface area contributed by atoms with Crippen LogP contribution in [0.2, 0.25) is 0 Å². The average molecular weight is 147 g/mol. The van der Waals surface area contributed by atoms with Gasteiger partial charge in [-0.25, -0.2) is 4.39 Å². The van der Waals surface area contributed by atoms with E-state index in [1.54, 1.807) is 13.8 Å². The molecule has 0 aromatic heterocycles. The Morgan fingerprint density at radius 1 is 1.60 bits per heavy atom. The van der Waals surface area contributed by atoms with Crippen molar-refractivity contribution in [2.45, 2.75) is 25.6 Å². The Labute approximate surface area is 60.8 Å². The second kappa shape index (κ2) is 2.84. The Kier molecular flexibility index (Phi) is 2.26. The molecule has 1 aliphatic heterocycles. The molecule has 1 unspecified atom stereocenters. The number of morpholine rings is 1. The highest BCUT2D eigenvalue weighted by molar-refractivity contribution is 4.82. The first-order valence-corrected chi connectivity index (χ1v) is 3.62. The number of halogens is 1. The van der Waals surface area contributed by atoms with Gasteiger partial charge in [-0.15, -0.1) is 0 Å². The van der Waals surface area contributed by atoms with E-state index in [1.165, 1.54) is 0 Å². The molecule has 2 nitrogen and oxygen atoms in total. The van der Waals surface area contributed by atoms with Gasteiger partial charge < -0.3 is 10.1 Å². The zero-order valence-corrected chi connectivity index (χ0v) is 6.48. The van der Waals surface area contributed by atoms with Crippen LogP contribution in [0.4, 0.5) is 4.39 Å². The fourth-order valence-electron chi connectivity index (χ4n) is 1.01. The molecule has 0 amide bonds. The van der Waals surface area contributed by atoms with Gasteiger partial charge in [-0.2, -0.15) is 0 Å². The van der Waals surface area contributed by atoms with E-state index in [9.17, 15) is 4.39 Å². The van der Waals surface area contributed by atoms with Gasteiger partial charge in [0.1, 0.15) is 11.8 Å². The molecule has 1 aliphatic rings. The van der Waals surface area contributed by atoms with Gasteiger partial charge in [-0.1, -0.05) is 0 Å². The number of hydrogen-bond donors (Lipinski definition) is 1. The van der Waals surface area contributed by atoms with Crippen LogP contribution in [0.3, 0.4) is 0 Å². The third-order valence-electron chi connectivity index (χ3n) is 1.69. The number of nitrogens with one attached hydrogen (secondary N) is 1. The highest BCUT2D eigenvalue weighted by Crippen LogP contribution is 2.18. The standard InChI is InChI=1S/C7H14FNO/c1-7(2,8)6-5-9-3-4-10-6/h6,9H,3-5H2,1-2H3. The summed E-state index contributed by atoms with van der Waals surface area (Å²) in [5.41, 5.74) is -1.21. The van der Waals surface area contributed by atoms with E-state index in [0.29, 0.717) is 13.2 Å². The summed E-state index contributed by atoms with van der Waals surface area (Å²) in [7, 11) is 0. The average Bonchev–Trinajstić information content (AvgIpc) is 1.88. The minimum atomic E-state index is -1.21. The van der Waals surface area contributed by atoms with E-state index in [1.807, 2.05) is 0 Å². The molecule has 1 N–H and O–H groups in total. The smallest absolute Gasteiger partial charge is 0.132 e. The van der Waals surface area contributed by atoms with Crippen molar-refractivity contribution in [3.05, 3.63) is 0 Å².